The van der Waals surface area contributed by atoms with Crippen LogP contribution in [0.1, 0.15) is 19.8 Å². The van der Waals surface area contributed by atoms with Gasteiger partial charge in [0.15, 0.2) is 0 Å². The van der Waals surface area contributed by atoms with Gasteiger partial charge in [0, 0.05) is 26.4 Å². The Labute approximate surface area is 102 Å². The van der Waals surface area contributed by atoms with Gasteiger partial charge >= 0.3 is 0 Å². The molecule has 0 unspecified atom stereocenters. The van der Waals surface area contributed by atoms with Crippen molar-refractivity contribution in [2.24, 2.45) is 0 Å². The van der Waals surface area contributed by atoms with Crippen LogP contribution in [0.4, 0.5) is 0 Å². The molecule has 0 aromatic rings. The van der Waals surface area contributed by atoms with Gasteiger partial charge in [-0.3, -0.25) is 9.59 Å². The van der Waals surface area contributed by atoms with Crippen molar-refractivity contribution in [3.05, 3.63) is 0 Å². The molecule has 0 saturated carbocycles. The molecule has 0 radical (unpaired) electrons. The highest BCUT2D eigenvalue weighted by atomic mass is 16.5. The molecule has 0 aliphatic carbocycles. The van der Waals surface area contributed by atoms with Crippen LogP contribution in [0.15, 0.2) is 0 Å². The summed E-state index contributed by atoms with van der Waals surface area (Å²) in [6.45, 7) is 4.12. The van der Waals surface area contributed by atoms with Crippen LogP contribution in [0.2, 0.25) is 0 Å². The molecular weight excluding hydrogens is 224 g/mol. The van der Waals surface area contributed by atoms with E-state index in [4.69, 9.17) is 9.47 Å². The predicted octanol–water partition coefficient (Wildman–Crippen LogP) is -0.318. The predicted molar refractivity (Wildman–Crippen MR) is 63.6 cm³/mol. The summed E-state index contributed by atoms with van der Waals surface area (Å²) in [5.41, 5.74) is 0. The minimum atomic E-state index is -0.0341. The Balaban J connectivity index is 3.08. The van der Waals surface area contributed by atoms with Gasteiger partial charge in [0.1, 0.15) is 0 Å². The Morgan fingerprint density at radius 1 is 1.00 bits per heavy atom. The second-order valence-electron chi connectivity index (χ2n) is 3.35. The molecule has 6 nitrogen and oxygen atoms in total. The Hall–Kier alpha value is -1.14. The van der Waals surface area contributed by atoms with Crippen LogP contribution < -0.4 is 10.6 Å². The maximum Gasteiger partial charge on any atom is 0.222 e. The van der Waals surface area contributed by atoms with E-state index in [1.807, 2.05) is 0 Å². The van der Waals surface area contributed by atoms with E-state index < -0.39 is 0 Å². The first-order valence-electron chi connectivity index (χ1n) is 5.83. The first-order valence-corrected chi connectivity index (χ1v) is 5.83. The first kappa shape index (κ1) is 15.9. The summed E-state index contributed by atoms with van der Waals surface area (Å²) >= 11 is 0. The van der Waals surface area contributed by atoms with Crippen LogP contribution in [0.25, 0.3) is 0 Å². The fraction of sp³-hybridized carbons (Fsp3) is 0.818. The van der Waals surface area contributed by atoms with E-state index in [0.717, 1.165) is 0 Å². The Bertz CT molecular complexity index is 200. The zero-order valence-electron chi connectivity index (χ0n) is 10.6. The van der Waals surface area contributed by atoms with Crippen molar-refractivity contribution >= 4 is 11.8 Å². The second kappa shape index (κ2) is 11.3. The summed E-state index contributed by atoms with van der Waals surface area (Å²) in [6.07, 6.45) is 0.853. The van der Waals surface area contributed by atoms with Crippen LogP contribution in [0, 0.1) is 0 Å². The van der Waals surface area contributed by atoms with Crippen LogP contribution in [-0.4, -0.2) is 51.8 Å². The third-order valence-electron chi connectivity index (χ3n) is 2.01. The van der Waals surface area contributed by atoms with Gasteiger partial charge in [-0.2, -0.15) is 0 Å². The quantitative estimate of drug-likeness (QED) is 0.518. The fourth-order valence-corrected chi connectivity index (χ4v) is 0.999. The molecule has 2 N–H and O–H groups in total. The van der Waals surface area contributed by atoms with Crippen molar-refractivity contribution in [3.8, 4) is 0 Å². The molecule has 17 heavy (non-hydrogen) atoms. The van der Waals surface area contributed by atoms with Crippen LogP contribution in [-0.2, 0) is 19.1 Å². The molecule has 0 spiro atoms. The lowest BCUT2D eigenvalue weighted by molar-refractivity contribution is -0.122. The lowest BCUT2D eigenvalue weighted by atomic mass is 10.4. The van der Waals surface area contributed by atoms with Gasteiger partial charge in [-0.25, -0.2) is 0 Å². The zero-order valence-corrected chi connectivity index (χ0v) is 10.6. The molecule has 0 aliphatic rings. The lowest BCUT2D eigenvalue weighted by Crippen LogP contribution is -2.26. The monoisotopic (exact) mass is 246 g/mol. The van der Waals surface area contributed by atoms with E-state index in [9.17, 15) is 9.59 Å². The number of ether oxygens (including phenoxy) is 2. The van der Waals surface area contributed by atoms with Gasteiger partial charge in [0.05, 0.1) is 26.4 Å². The van der Waals surface area contributed by atoms with Crippen molar-refractivity contribution in [2.75, 3.05) is 40.0 Å². The van der Waals surface area contributed by atoms with E-state index >= 15 is 0 Å². The first-order chi connectivity index (χ1) is 8.20. The molecule has 0 saturated heterocycles. The molecule has 0 rings (SSSR count). The second-order valence-corrected chi connectivity index (χ2v) is 3.35. The molecular formula is C11H22N2O4. The maximum atomic E-state index is 10.8. The average Bonchev–Trinajstić information content (AvgIpc) is 2.35. The topological polar surface area (TPSA) is 76.7 Å². The van der Waals surface area contributed by atoms with Crippen molar-refractivity contribution in [1.29, 1.82) is 0 Å². The summed E-state index contributed by atoms with van der Waals surface area (Å²) in [6, 6.07) is 0. The summed E-state index contributed by atoms with van der Waals surface area (Å²) in [5, 5.41) is 5.21. The molecule has 0 heterocycles. The van der Waals surface area contributed by atoms with Gasteiger partial charge in [0.25, 0.3) is 0 Å². The summed E-state index contributed by atoms with van der Waals surface area (Å²) in [5.74, 6) is -0.0105. The van der Waals surface area contributed by atoms with Crippen LogP contribution in [0.5, 0.6) is 0 Å². The smallest absolute Gasteiger partial charge is 0.222 e. The largest absolute Gasteiger partial charge is 0.379 e. The average molecular weight is 246 g/mol. The third-order valence-corrected chi connectivity index (χ3v) is 2.01. The number of hydrogen-bond donors (Lipinski definition) is 2. The Morgan fingerprint density at radius 3 is 2.24 bits per heavy atom. The van der Waals surface area contributed by atoms with Gasteiger partial charge in [-0.1, -0.05) is 6.92 Å². The number of rotatable bonds is 10. The van der Waals surface area contributed by atoms with Crippen LogP contribution >= 0.6 is 0 Å². The molecule has 0 aromatic carbocycles. The molecule has 6 heteroatoms. The lowest BCUT2D eigenvalue weighted by Gasteiger charge is -2.06. The normalized spacial score (nSPS) is 10.0. The van der Waals surface area contributed by atoms with E-state index in [1.54, 1.807) is 14.0 Å². The standard InChI is InChI=1S/C11H22N2O4/c1-3-10(14)13-5-7-17-9-8-16-6-4-11(15)12-2/h3-9H2,1-2H3,(H,12,15)(H,13,14). The van der Waals surface area contributed by atoms with E-state index in [-0.39, 0.29) is 11.8 Å². The van der Waals surface area contributed by atoms with Gasteiger partial charge in [-0.15, -0.1) is 0 Å². The van der Waals surface area contributed by atoms with Crippen molar-refractivity contribution in [1.82, 2.24) is 10.6 Å². The van der Waals surface area contributed by atoms with Crippen molar-refractivity contribution < 1.29 is 19.1 Å². The van der Waals surface area contributed by atoms with Gasteiger partial charge in [0.2, 0.25) is 11.8 Å². The zero-order chi connectivity index (χ0) is 12.9. The molecule has 0 fully saturated rings. The Kier molecular flexibility index (Phi) is 10.6. The van der Waals surface area contributed by atoms with Crippen LogP contribution in [0.3, 0.4) is 0 Å². The summed E-state index contributed by atoms with van der Waals surface area (Å²) < 4.78 is 10.4. The molecule has 0 aliphatic heterocycles. The minimum absolute atomic E-state index is 0.0235. The molecule has 0 aromatic heterocycles. The molecule has 0 bridgehead atoms. The van der Waals surface area contributed by atoms with E-state index in [0.29, 0.717) is 45.8 Å². The highest BCUT2D eigenvalue weighted by Crippen LogP contribution is 1.84. The SMILES string of the molecule is CCC(=O)NCCOCCOCCC(=O)NC. The van der Waals surface area contributed by atoms with E-state index in [2.05, 4.69) is 10.6 Å². The summed E-state index contributed by atoms with van der Waals surface area (Å²) in [7, 11) is 1.59. The number of amides is 2. The molecule has 100 valence electrons. The fourth-order valence-electron chi connectivity index (χ4n) is 0.999. The van der Waals surface area contributed by atoms with Crippen molar-refractivity contribution in [3.63, 3.8) is 0 Å². The minimum Gasteiger partial charge on any atom is -0.379 e. The molecule has 2 amide bonds. The number of carbonyl (C=O) groups excluding carboxylic acids is 2. The number of nitrogens with one attached hydrogen (secondary N) is 2. The van der Waals surface area contributed by atoms with Gasteiger partial charge in [-0.05, 0) is 0 Å². The highest BCUT2D eigenvalue weighted by molar-refractivity contribution is 5.75. The number of hydrogen-bond acceptors (Lipinski definition) is 4. The third kappa shape index (κ3) is 11.1. The van der Waals surface area contributed by atoms with Crippen molar-refractivity contribution in [2.45, 2.75) is 19.8 Å². The Morgan fingerprint density at radius 2 is 1.65 bits per heavy atom. The van der Waals surface area contributed by atoms with Gasteiger partial charge < -0.3 is 20.1 Å². The molecule has 0 atom stereocenters. The summed E-state index contributed by atoms with van der Waals surface area (Å²) in [4.78, 5) is 21.7. The highest BCUT2D eigenvalue weighted by Gasteiger charge is 1.97. The maximum absolute atomic E-state index is 10.8. The number of carbonyl (C=O) groups is 2. The van der Waals surface area contributed by atoms with E-state index in [1.165, 1.54) is 0 Å².